The monoisotopic (exact) mass is 446 g/mol. The zero-order valence-corrected chi connectivity index (χ0v) is 19.3. The fourth-order valence-corrected chi connectivity index (χ4v) is 4.37. The second kappa shape index (κ2) is 9.19. The molecule has 0 atom stereocenters. The summed E-state index contributed by atoms with van der Waals surface area (Å²) in [5.74, 6) is 1.81. The second-order valence-corrected chi connectivity index (χ2v) is 8.74. The van der Waals surface area contributed by atoms with Gasteiger partial charge in [-0.3, -0.25) is 4.79 Å². The number of hydrogen-bond acceptors (Lipinski definition) is 7. The van der Waals surface area contributed by atoms with Crippen molar-refractivity contribution in [3.05, 3.63) is 60.0 Å². The third kappa shape index (κ3) is 4.68. The summed E-state index contributed by atoms with van der Waals surface area (Å²) >= 11 is 0. The van der Waals surface area contributed by atoms with Gasteiger partial charge in [-0.1, -0.05) is 6.07 Å². The Labute approximate surface area is 194 Å². The van der Waals surface area contributed by atoms with Gasteiger partial charge in [-0.25, -0.2) is 9.67 Å². The van der Waals surface area contributed by atoms with Crippen molar-refractivity contribution >= 4 is 17.7 Å². The maximum Gasteiger partial charge on any atom is 0.254 e. The van der Waals surface area contributed by atoms with E-state index in [1.54, 1.807) is 10.9 Å². The van der Waals surface area contributed by atoms with Gasteiger partial charge in [0.2, 0.25) is 5.95 Å². The molecule has 2 saturated heterocycles. The van der Waals surface area contributed by atoms with Crippen LogP contribution in [0.4, 0.5) is 11.8 Å². The molecule has 1 amide bonds. The van der Waals surface area contributed by atoms with Crippen LogP contribution in [0.5, 0.6) is 0 Å². The van der Waals surface area contributed by atoms with Gasteiger partial charge in [-0.15, -0.1) is 0 Å². The van der Waals surface area contributed by atoms with Gasteiger partial charge in [-0.2, -0.15) is 10.1 Å². The van der Waals surface area contributed by atoms with Crippen molar-refractivity contribution in [3.8, 4) is 5.69 Å². The molecular weight excluding hydrogens is 416 g/mol. The number of amides is 1. The van der Waals surface area contributed by atoms with Gasteiger partial charge in [0.25, 0.3) is 5.91 Å². The lowest BCUT2D eigenvalue weighted by Gasteiger charge is -2.36. The van der Waals surface area contributed by atoms with Gasteiger partial charge in [-0.05, 0) is 38.2 Å². The fraction of sp³-hybridized carbons (Fsp3) is 0.417. The first kappa shape index (κ1) is 21.4. The van der Waals surface area contributed by atoms with Crippen LogP contribution >= 0.6 is 0 Å². The predicted octanol–water partition coefficient (Wildman–Crippen LogP) is 1.68. The van der Waals surface area contributed by atoms with Crippen LogP contribution in [-0.4, -0.2) is 94.9 Å². The molecule has 3 aromatic rings. The Balaban J connectivity index is 1.25. The molecule has 172 valence electrons. The molecule has 0 saturated carbocycles. The van der Waals surface area contributed by atoms with Crippen molar-refractivity contribution in [3.63, 3.8) is 0 Å². The van der Waals surface area contributed by atoms with Crippen molar-refractivity contribution in [1.29, 1.82) is 0 Å². The number of anilines is 2. The molecule has 0 spiro atoms. The van der Waals surface area contributed by atoms with Crippen LogP contribution in [-0.2, 0) is 0 Å². The lowest BCUT2D eigenvalue weighted by Crippen LogP contribution is -2.49. The fourth-order valence-electron chi connectivity index (χ4n) is 4.37. The van der Waals surface area contributed by atoms with Gasteiger partial charge in [0, 0.05) is 82.1 Å². The highest BCUT2D eigenvalue weighted by molar-refractivity contribution is 5.95. The molecule has 1 aromatic carbocycles. The molecule has 0 radical (unpaired) electrons. The topological polar surface area (TPSA) is 73.6 Å². The summed E-state index contributed by atoms with van der Waals surface area (Å²) in [7, 11) is 2.16. The molecular formula is C24H30N8O. The largest absolute Gasteiger partial charge is 0.354 e. The first-order valence-electron chi connectivity index (χ1n) is 11.5. The van der Waals surface area contributed by atoms with Gasteiger partial charge in [0.1, 0.15) is 5.82 Å². The minimum Gasteiger partial charge on any atom is -0.354 e. The first-order valence-corrected chi connectivity index (χ1v) is 11.5. The number of carbonyl (C=O) groups excluding carboxylic acids is 1. The van der Waals surface area contributed by atoms with E-state index >= 15 is 0 Å². The Morgan fingerprint density at radius 2 is 1.64 bits per heavy atom. The number of likely N-dealkylation sites (N-methyl/N-ethyl adjacent to an activating group) is 1. The number of benzene rings is 1. The normalized spacial score (nSPS) is 17.5. The Bertz CT molecular complexity index is 1100. The van der Waals surface area contributed by atoms with E-state index in [0.29, 0.717) is 18.7 Å². The van der Waals surface area contributed by atoms with E-state index < -0.39 is 0 Å². The van der Waals surface area contributed by atoms with E-state index in [4.69, 9.17) is 9.97 Å². The van der Waals surface area contributed by atoms with Crippen LogP contribution < -0.4 is 9.80 Å². The van der Waals surface area contributed by atoms with Gasteiger partial charge < -0.3 is 19.6 Å². The van der Waals surface area contributed by atoms with E-state index in [2.05, 4.69) is 32.9 Å². The average molecular weight is 447 g/mol. The molecule has 0 unspecified atom stereocenters. The lowest BCUT2D eigenvalue weighted by molar-refractivity contribution is 0.0746. The first-order chi connectivity index (χ1) is 16.1. The summed E-state index contributed by atoms with van der Waals surface area (Å²) in [5.41, 5.74) is 2.54. The summed E-state index contributed by atoms with van der Waals surface area (Å²) < 4.78 is 1.77. The van der Waals surface area contributed by atoms with Crippen LogP contribution in [0.3, 0.4) is 0 Å². The molecule has 0 aliphatic carbocycles. The maximum absolute atomic E-state index is 13.1. The Kier molecular flexibility index (Phi) is 5.95. The van der Waals surface area contributed by atoms with E-state index in [1.807, 2.05) is 48.4 Å². The average Bonchev–Trinajstić information content (AvgIpc) is 3.39. The number of nitrogens with zero attached hydrogens (tertiary/aromatic N) is 8. The molecule has 5 rings (SSSR count). The molecule has 2 aromatic heterocycles. The lowest BCUT2D eigenvalue weighted by atomic mass is 10.1. The second-order valence-electron chi connectivity index (χ2n) is 8.74. The van der Waals surface area contributed by atoms with Gasteiger partial charge in [0.15, 0.2) is 0 Å². The third-order valence-electron chi connectivity index (χ3n) is 6.37. The van der Waals surface area contributed by atoms with E-state index in [-0.39, 0.29) is 5.91 Å². The Morgan fingerprint density at radius 1 is 0.879 bits per heavy atom. The molecule has 33 heavy (non-hydrogen) atoms. The highest BCUT2D eigenvalue weighted by Gasteiger charge is 2.25. The van der Waals surface area contributed by atoms with E-state index in [0.717, 1.165) is 62.4 Å². The van der Waals surface area contributed by atoms with Crippen molar-refractivity contribution in [2.75, 3.05) is 69.2 Å². The standard InChI is InChI=1S/C24H30N8O/c1-19-17-22(29-11-9-28(2)10-12-29)27-24(26-19)31-15-13-30(14-16-31)23(33)20-5-3-6-21(18-20)32-8-4-7-25-32/h3-8,17-18H,9-16H2,1-2H3. The summed E-state index contributed by atoms with van der Waals surface area (Å²) in [4.78, 5) is 31.5. The highest BCUT2D eigenvalue weighted by Crippen LogP contribution is 2.21. The van der Waals surface area contributed by atoms with Crippen molar-refractivity contribution < 1.29 is 4.79 Å². The zero-order valence-electron chi connectivity index (χ0n) is 19.3. The predicted molar refractivity (Wildman–Crippen MR) is 128 cm³/mol. The summed E-state index contributed by atoms with van der Waals surface area (Å²) in [5, 5.41) is 4.26. The molecule has 4 heterocycles. The highest BCUT2D eigenvalue weighted by atomic mass is 16.2. The molecule has 9 nitrogen and oxygen atoms in total. The quantitative estimate of drug-likeness (QED) is 0.604. The number of rotatable bonds is 4. The van der Waals surface area contributed by atoms with Gasteiger partial charge in [0.05, 0.1) is 5.69 Å². The SMILES string of the molecule is Cc1cc(N2CCN(C)CC2)nc(N2CCN(C(=O)c3cccc(-n4cccn4)c3)CC2)n1. The van der Waals surface area contributed by atoms with Crippen molar-refractivity contribution in [2.24, 2.45) is 0 Å². The summed E-state index contributed by atoms with van der Waals surface area (Å²) in [6.45, 7) is 8.79. The summed E-state index contributed by atoms with van der Waals surface area (Å²) in [6, 6.07) is 11.6. The smallest absolute Gasteiger partial charge is 0.254 e. The number of carbonyl (C=O) groups is 1. The zero-order chi connectivity index (χ0) is 22.8. The molecule has 9 heteroatoms. The number of aryl methyl sites for hydroxylation is 1. The van der Waals surface area contributed by atoms with Crippen LogP contribution in [0, 0.1) is 6.92 Å². The Morgan fingerprint density at radius 3 is 2.36 bits per heavy atom. The summed E-state index contributed by atoms with van der Waals surface area (Å²) in [6.07, 6.45) is 3.61. The maximum atomic E-state index is 13.1. The Hall–Kier alpha value is -3.46. The number of aromatic nitrogens is 4. The number of piperazine rings is 2. The van der Waals surface area contributed by atoms with Crippen LogP contribution in [0.1, 0.15) is 16.1 Å². The molecule has 2 fully saturated rings. The molecule has 0 N–H and O–H groups in total. The van der Waals surface area contributed by atoms with Crippen LogP contribution in [0.25, 0.3) is 5.69 Å². The van der Waals surface area contributed by atoms with Crippen LogP contribution in [0.2, 0.25) is 0 Å². The van der Waals surface area contributed by atoms with E-state index in [9.17, 15) is 4.79 Å². The van der Waals surface area contributed by atoms with Crippen molar-refractivity contribution in [1.82, 2.24) is 29.5 Å². The third-order valence-corrected chi connectivity index (χ3v) is 6.37. The van der Waals surface area contributed by atoms with Gasteiger partial charge >= 0.3 is 0 Å². The van der Waals surface area contributed by atoms with Crippen LogP contribution in [0.15, 0.2) is 48.8 Å². The minimum absolute atomic E-state index is 0.0481. The molecule has 2 aliphatic heterocycles. The van der Waals surface area contributed by atoms with Crippen molar-refractivity contribution in [2.45, 2.75) is 6.92 Å². The number of hydrogen-bond donors (Lipinski definition) is 0. The minimum atomic E-state index is 0.0481. The van der Waals surface area contributed by atoms with E-state index in [1.165, 1.54) is 0 Å². The molecule has 2 aliphatic rings. The molecule has 0 bridgehead atoms.